The molecule has 0 atom stereocenters. The molecule has 0 radical (unpaired) electrons. The minimum absolute atomic E-state index is 0.000125. The van der Waals surface area contributed by atoms with E-state index in [0.29, 0.717) is 29.3 Å². The second kappa shape index (κ2) is 7.53. The van der Waals surface area contributed by atoms with Crippen LogP contribution in [0.25, 0.3) is 0 Å². The van der Waals surface area contributed by atoms with Crippen molar-refractivity contribution in [2.45, 2.75) is 20.0 Å². The average molecular weight is 377 g/mol. The van der Waals surface area contributed by atoms with Crippen molar-refractivity contribution in [1.29, 1.82) is 0 Å². The lowest BCUT2D eigenvalue weighted by Crippen LogP contribution is -2.34. The van der Waals surface area contributed by atoms with Crippen LogP contribution in [0.5, 0.6) is 17.2 Å². The van der Waals surface area contributed by atoms with E-state index in [1.165, 1.54) is 12.1 Å². The lowest BCUT2D eigenvalue weighted by atomic mass is 10.2. The Morgan fingerprint density at radius 3 is 2.69 bits per heavy atom. The van der Waals surface area contributed by atoms with E-state index in [1.54, 1.807) is 24.3 Å². The number of ether oxygens (including phenoxy) is 3. The van der Waals surface area contributed by atoms with Gasteiger partial charge in [-0.2, -0.15) is 0 Å². The Labute approximate surface area is 155 Å². The van der Waals surface area contributed by atoms with Gasteiger partial charge in [-0.15, -0.1) is 0 Å². The Bertz CT molecular complexity index is 840. The Morgan fingerprint density at radius 1 is 1.27 bits per heavy atom. The molecule has 0 saturated carbocycles. The third-order valence-electron chi connectivity index (χ3n) is 3.48. The smallest absolute Gasteiger partial charge is 0.333 e. The highest BCUT2D eigenvalue weighted by molar-refractivity contribution is 6.35. The van der Waals surface area contributed by atoms with E-state index in [4.69, 9.17) is 25.8 Å². The number of anilines is 2. The molecule has 7 nitrogen and oxygen atoms in total. The molecule has 0 aliphatic carbocycles. The summed E-state index contributed by atoms with van der Waals surface area (Å²) in [6.07, 6.45) is 0.382. The Morgan fingerprint density at radius 2 is 2.00 bits per heavy atom. The molecule has 1 aliphatic heterocycles. The zero-order valence-electron chi connectivity index (χ0n) is 14.2. The first kappa shape index (κ1) is 17.9. The first-order chi connectivity index (χ1) is 12.5. The largest absolute Gasteiger partial charge is 0.491 e. The SMILES string of the molecule is CC(C)Oc1cccc(NC(=O)N(C=O)c2cc3c(cc2Cl)OCO3)c1. The summed E-state index contributed by atoms with van der Waals surface area (Å²) >= 11 is 6.17. The lowest BCUT2D eigenvalue weighted by Gasteiger charge is -2.18. The zero-order valence-corrected chi connectivity index (χ0v) is 14.9. The standard InChI is InChI=1S/C18H17ClN2O5/c1-11(2)26-13-5-3-4-12(6-13)20-18(23)21(9-22)15-8-17-16(7-14(15)19)24-10-25-17/h3-9,11H,10H2,1-2H3,(H,20,23). The summed E-state index contributed by atoms with van der Waals surface area (Å²) < 4.78 is 16.1. The number of amides is 3. The van der Waals surface area contributed by atoms with Gasteiger partial charge in [0.1, 0.15) is 5.75 Å². The fourth-order valence-corrected chi connectivity index (χ4v) is 2.65. The number of imide groups is 1. The van der Waals surface area contributed by atoms with Gasteiger partial charge in [-0.3, -0.25) is 4.79 Å². The van der Waals surface area contributed by atoms with Crippen molar-refractivity contribution in [3.05, 3.63) is 41.4 Å². The normalized spacial score (nSPS) is 12.0. The van der Waals surface area contributed by atoms with Gasteiger partial charge in [0, 0.05) is 23.9 Å². The molecule has 8 heteroatoms. The Kier molecular flexibility index (Phi) is 5.18. The molecule has 26 heavy (non-hydrogen) atoms. The van der Waals surface area contributed by atoms with E-state index in [0.717, 1.165) is 4.90 Å². The highest BCUT2D eigenvalue weighted by atomic mass is 35.5. The monoisotopic (exact) mass is 376 g/mol. The maximum atomic E-state index is 12.5. The summed E-state index contributed by atoms with van der Waals surface area (Å²) in [5, 5.41) is 2.83. The number of nitrogens with zero attached hydrogens (tertiary/aromatic N) is 1. The number of fused-ring (bicyclic) bond motifs is 1. The highest BCUT2D eigenvalue weighted by Gasteiger charge is 2.23. The molecule has 2 aromatic carbocycles. The molecule has 1 N–H and O–H groups in total. The van der Waals surface area contributed by atoms with Gasteiger partial charge in [0.15, 0.2) is 11.5 Å². The summed E-state index contributed by atoms with van der Waals surface area (Å²) in [4.78, 5) is 24.9. The molecule has 0 bridgehead atoms. The maximum Gasteiger partial charge on any atom is 0.333 e. The fourth-order valence-electron chi connectivity index (χ4n) is 2.41. The third kappa shape index (κ3) is 3.83. The fraction of sp³-hybridized carbons (Fsp3) is 0.222. The van der Waals surface area contributed by atoms with Gasteiger partial charge in [-0.1, -0.05) is 17.7 Å². The summed E-state index contributed by atoms with van der Waals surface area (Å²) in [7, 11) is 0. The molecule has 3 rings (SSSR count). The van der Waals surface area contributed by atoms with Gasteiger partial charge < -0.3 is 19.5 Å². The predicted molar refractivity (Wildman–Crippen MR) is 97.3 cm³/mol. The van der Waals surface area contributed by atoms with Crippen LogP contribution in [0.3, 0.4) is 0 Å². The quantitative estimate of drug-likeness (QED) is 0.796. The molecule has 0 fully saturated rings. The number of urea groups is 1. The molecule has 0 aromatic heterocycles. The summed E-state index contributed by atoms with van der Waals surface area (Å²) in [6.45, 7) is 3.87. The van der Waals surface area contributed by atoms with Gasteiger partial charge in [0.25, 0.3) is 0 Å². The zero-order chi connectivity index (χ0) is 18.7. The first-order valence-corrected chi connectivity index (χ1v) is 8.27. The number of halogens is 1. The minimum atomic E-state index is -0.664. The maximum absolute atomic E-state index is 12.5. The summed E-state index contributed by atoms with van der Waals surface area (Å²) in [5.41, 5.74) is 0.676. The number of hydrogen-bond acceptors (Lipinski definition) is 5. The lowest BCUT2D eigenvalue weighted by molar-refractivity contribution is -0.106. The number of nitrogens with one attached hydrogen (secondary N) is 1. The average Bonchev–Trinajstić information content (AvgIpc) is 3.02. The summed E-state index contributed by atoms with van der Waals surface area (Å²) in [5.74, 6) is 1.48. The molecular weight excluding hydrogens is 360 g/mol. The van der Waals surface area contributed by atoms with Crippen LogP contribution >= 0.6 is 11.6 Å². The van der Waals surface area contributed by atoms with Crippen LogP contribution in [-0.4, -0.2) is 25.3 Å². The van der Waals surface area contributed by atoms with Crippen LogP contribution in [0.15, 0.2) is 36.4 Å². The van der Waals surface area contributed by atoms with E-state index in [2.05, 4.69) is 5.32 Å². The molecule has 1 aliphatic rings. The number of carbonyl (C=O) groups excluding carboxylic acids is 2. The van der Waals surface area contributed by atoms with Crippen molar-refractivity contribution in [2.75, 3.05) is 17.0 Å². The second-order valence-corrected chi connectivity index (χ2v) is 6.16. The molecule has 136 valence electrons. The Hall–Kier alpha value is -2.93. The van der Waals surface area contributed by atoms with Crippen LogP contribution in [0, 0.1) is 0 Å². The van der Waals surface area contributed by atoms with E-state index in [9.17, 15) is 9.59 Å². The van der Waals surface area contributed by atoms with Crippen LogP contribution in [0.1, 0.15) is 13.8 Å². The van der Waals surface area contributed by atoms with Gasteiger partial charge in [0.05, 0.1) is 16.8 Å². The van der Waals surface area contributed by atoms with Crippen molar-refractivity contribution in [2.24, 2.45) is 0 Å². The third-order valence-corrected chi connectivity index (χ3v) is 3.79. The van der Waals surface area contributed by atoms with Crippen molar-refractivity contribution >= 4 is 35.4 Å². The number of benzene rings is 2. The molecule has 2 aromatic rings. The number of rotatable bonds is 5. The van der Waals surface area contributed by atoms with Crippen molar-refractivity contribution in [1.82, 2.24) is 0 Å². The first-order valence-electron chi connectivity index (χ1n) is 7.89. The van der Waals surface area contributed by atoms with Crippen LogP contribution in [0.4, 0.5) is 16.2 Å². The molecule has 3 amide bonds. The topological polar surface area (TPSA) is 77.1 Å². The minimum Gasteiger partial charge on any atom is -0.491 e. The van der Waals surface area contributed by atoms with E-state index < -0.39 is 6.03 Å². The van der Waals surface area contributed by atoms with Crippen LogP contribution in [-0.2, 0) is 4.79 Å². The highest BCUT2D eigenvalue weighted by Crippen LogP contribution is 2.40. The number of hydrogen-bond donors (Lipinski definition) is 1. The van der Waals surface area contributed by atoms with Crippen molar-refractivity contribution in [3.63, 3.8) is 0 Å². The van der Waals surface area contributed by atoms with E-state index in [1.807, 2.05) is 13.8 Å². The van der Waals surface area contributed by atoms with E-state index in [-0.39, 0.29) is 23.6 Å². The van der Waals surface area contributed by atoms with Gasteiger partial charge in [0.2, 0.25) is 13.2 Å². The second-order valence-electron chi connectivity index (χ2n) is 5.76. The molecule has 0 spiro atoms. The van der Waals surface area contributed by atoms with Crippen molar-refractivity contribution in [3.8, 4) is 17.2 Å². The predicted octanol–water partition coefficient (Wildman–Crippen LogP) is 4.05. The van der Waals surface area contributed by atoms with Crippen LogP contribution in [0.2, 0.25) is 5.02 Å². The van der Waals surface area contributed by atoms with Crippen molar-refractivity contribution < 1.29 is 23.8 Å². The van der Waals surface area contributed by atoms with Crippen LogP contribution < -0.4 is 24.4 Å². The number of carbonyl (C=O) groups is 2. The molecule has 0 saturated heterocycles. The molecule has 0 unspecified atom stereocenters. The van der Waals surface area contributed by atoms with Gasteiger partial charge in [-0.25, -0.2) is 9.69 Å². The Balaban J connectivity index is 1.81. The van der Waals surface area contributed by atoms with E-state index >= 15 is 0 Å². The van der Waals surface area contributed by atoms with Gasteiger partial charge >= 0.3 is 6.03 Å². The molecule has 1 heterocycles. The summed E-state index contributed by atoms with van der Waals surface area (Å²) in [6, 6.07) is 9.20. The van der Waals surface area contributed by atoms with Gasteiger partial charge in [-0.05, 0) is 26.0 Å². The molecular formula is C18H17ClN2O5.